The summed E-state index contributed by atoms with van der Waals surface area (Å²) in [6, 6.07) is 5.62. The van der Waals surface area contributed by atoms with Crippen molar-refractivity contribution >= 4 is 0 Å². The Morgan fingerprint density at radius 2 is 2.11 bits per heavy atom. The number of methoxy groups -OCH3 is 1. The van der Waals surface area contributed by atoms with Gasteiger partial charge in [0.05, 0.1) is 7.11 Å². The van der Waals surface area contributed by atoms with Gasteiger partial charge in [0.1, 0.15) is 11.6 Å². The highest BCUT2D eigenvalue weighted by molar-refractivity contribution is 5.28. The summed E-state index contributed by atoms with van der Waals surface area (Å²) in [5.74, 6) is 1.14. The second-order valence-corrected chi connectivity index (χ2v) is 5.40. The Morgan fingerprint density at radius 1 is 1.32 bits per heavy atom. The number of hydrogen-bond acceptors (Lipinski definition) is 2. The Balaban J connectivity index is 1.94. The standard InChI is InChI=1S/C16H24FNO/c1-3-12-6-4-5-7-16(12)18-11-13-8-9-14(19-2)10-15(13)17/h8-10,12,16,18H,3-7,11H2,1-2H3. The molecular formula is C16H24FNO. The molecule has 0 saturated heterocycles. The van der Waals surface area contributed by atoms with E-state index in [0.29, 0.717) is 18.3 Å². The molecule has 1 fully saturated rings. The van der Waals surface area contributed by atoms with Gasteiger partial charge in [-0.3, -0.25) is 0 Å². The maximum absolute atomic E-state index is 13.9. The summed E-state index contributed by atoms with van der Waals surface area (Å²) in [6.45, 7) is 2.86. The van der Waals surface area contributed by atoms with E-state index in [0.717, 1.165) is 11.5 Å². The molecule has 19 heavy (non-hydrogen) atoms. The largest absolute Gasteiger partial charge is 0.497 e. The second-order valence-electron chi connectivity index (χ2n) is 5.40. The van der Waals surface area contributed by atoms with Gasteiger partial charge in [-0.15, -0.1) is 0 Å². The van der Waals surface area contributed by atoms with Crippen LogP contribution in [-0.2, 0) is 6.54 Å². The molecule has 0 aliphatic heterocycles. The van der Waals surface area contributed by atoms with Crippen molar-refractivity contribution in [1.29, 1.82) is 0 Å². The van der Waals surface area contributed by atoms with Gasteiger partial charge in [0, 0.05) is 24.2 Å². The average Bonchev–Trinajstić information content (AvgIpc) is 2.46. The van der Waals surface area contributed by atoms with Crippen molar-refractivity contribution in [3.8, 4) is 5.75 Å². The fourth-order valence-corrected chi connectivity index (χ4v) is 3.00. The molecule has 1 aromatic rings. The quantitative estimate of drug-likeness (QED) is 0.872. The molecule has 2 rings (SSSR count). The molecule has 0 heterocycles. The second kappa shape index (κ2) is 6.90. The van der Waals surface area contributed by atoms with Crippen LogP contribution in [0.4, 0.5) is 4.39 Å². The summed E-state index contributed by atoms with van der Waals surface area (Å²) in [4.78, 5) is 0. The predicted octanol–water partition coefficient (Wildman–Crippen LogP) is 3.89. The summed E-state index contributed by atoms with van der Waals surface area (Å²) in [7, 11) is 1.56. The van der Waals surface area contributed by atoms with Crippen LogP contribution in [0.2, 0.25) is 0 Å². The third kappa shape index (κ3) is 3.69. The van der Waals surface area contributed by atoms with Gasteiger partial charge in [0.2, 0.25) is 0 Å². The molecular weight excluding hydrogens is 241 g/mol. The molecule has 106 valence electrons. The lowest BCUT2D eigenvalue weighted by atomic mass is 9.83. The first-order valence-corrected chi connectivity index (χ1v) is 7.30. The number of rotatable bonds is 5. The molecule has 0 amide bonds. The molecule has 1 N–H and O–H groups in total. The minimum absolute atomic E-state index is 0.185. The minimum Gasteiger partial charge on any atom is -0.497 e. The van der Waals surface area contributed by atoms with Crippen molar-refractivity contribution in [2.75, 3.05) is 7.11 Å². The Labute approximate surface area is 115 Å². The molecule has 1 aromatic carbocycles. The molecule has 0 aromatic heterocycles. The molecule has 1 saturated carbocycles. The fourth-order valence-electron chi connectivity index (χ4n) is 3.00. The van der Waals surface area contributed by atoms with Gasteiger partial charge >= 0.3 is 0 Å². The van der Waals surface area contributed by atoms with Gasteiger partial charge in [0.25, 0.3) is 0 Å². The summed E-state index contributed by atoms with van der Waals surface area (Å²) in [5.41, 5.74) is 0.723. The SMILES string of the molecule is CCC1CCCCC1NCc1ccc(OC)cc1F. The number of ether oxygens (including phenoxy) is 1. The Kier molecular flexibility index (Phi) is 5.20. The Morgan fingerprint density at radius 3 is 2.79 bits per heavy atom. The molecule has 1 aliphatic rings. The van der Waals surface area contributed by atoms with Crippen LogP contribution in [-0.4, -0.2) is 13.2 Å². The van der Waals surface area contributed by atoms with Crippen molar-refractivity contribution in [1.82, 2.24) is 5.32 Å². The van der Waals surface area contributed by atoms with E-state index in [1.54, 1.807) is 7.11 Å². The maximum atomic E-state index is 13.9. The highest BCUT2D eigenvalue weighted by atomic mass is 19.1. The van der Waals surface area contributed by atoms with E-state index in [-0.39, 0.29) is 5.82 Å². The van der Waals surface area contributed by atoms with Crippen LogP contribution in [0.3, 0.4) is 0 Å². The third-order valence-electron chi connectivity index (χ3n) is 4.25. The van der Waals surface area contributed by atoms with Crippen molar-refractivity contribution in [2.45, 2.75) is 51.6 Å². The molecule has 2 nitrogen and oxygen atoms in total. The van der Waals surface area contributed by atoms with Crippen LogP contribution >= 0.6 is 0 Å². The van der Waals surface area contributed by atoms with E-state index in [1.807, 2.05) is 12.1 Å². The lowest BCUT2D eigenvalue weighted by molar-refractivity contribution is 0.253. The monoisotopic (exact) mass is 265 g/mol. The normalized spacial score (nSPS) is 23.3. The van der Waals surface area contributed by atoms with Crippen LogP contribution in [0.25, 0.3) is 0 Å². The Hall–Kier alpha value is -1.09. The lowest BCUT2D eigenvalue weighted by Crippen LogP contribution is -2.38. The van der Waals surface area contributed by atoms with Crippen LogP contribution in [0, 0.1) is 11.7 Å². The third-order valence-corrected chi connectivity index (χ3v) is 4.25. The number of nitrogens with one attached hydrogen (secondary N) is 1. The fraction of sp³-hybridized carbons (Fsp3) is 0.625. The van der Waals surface area contributed by atoms with Crippen LogP contribution in [0.15, 0.2) is 18.2 Å². The maximum Gasteiger partial charge on any atom is 0.131 e. The molecule has 1 aliphatic carbocycles. The predicted molar refractivity (Wildman–Crippen MR) is 75.8 cm³/mol. The summed E-state index contributed by atoms with van der Waals surface area (Å²) in [5, 5.41) is 3.54. The van der Waals surface area contributed by atoms with E-state index < -0.39 is 0 Å². The number of hydrogen-bond donors (Lipinski definition) is 1. The smallest absolute Gasteiger partial charge is 0.131 e. The molecule has 3 heteroatoms. The molecule has 0 spiro atoms. The van der Waals surface area contributed by atoms with Crippen molar-refractivity contribution in [2.24, 2.45) is 5.92 Å². The highest BCUT2D eigenvalue weighted by Crippen LogP contribution is 2.27. The zero-order valence-corrected chi connectivity index (χ0v) is 11.9. The van der Waals surface area contributed by atoms with Gasteiger partial charge in [-0.1, -0.05) is 32.3 Å². The molecule has 2 unspecified atom stereocenters. The zero-order valence-electron chi connectivity index (χ0n) is 11.9. The van der Waals surface area contributed by atoms with E-state index in [1.165, 1.54) is 38.2 Å². The lowest BCUT2D eigenvalue weighted by Gasteiger charge is -2.31. The van der Waals surface area contributed by atoms with Crippen LogP contribution in [0.1, 0.15) is 44.6 Å². The van der Waals surface area contributed by atoms with Gasteiger partial charge in [-0.2, -0.15) is 0 Å². The molecule has 2 atom stereocenters. The summed E-state index contributed by atoms with van der Waals surface area (Å²) >= 11 is 0. The highest BCUT2D eigenvalue weighted by Gasteiger charge is 2.23. The first kappa shape index (κ1) is 14.3. The average molecular weight is 265 g/mol. The van der Waals surface area contributed by atoms with Crippen molar-refractivity contribution in [3.63, 3.8) is 0 Å². The van der Waals surface area contributed by atoms with Gasteiger partial charge in [0.15, 0.2) is 0 Å². The van der Waals surface area contributed by atoms with Gasteiger partial charge < -0.3 is 10.1 Å². The summed E-state index contributed by atoms with van der Waals surface area (Å²) < 4.78 is 18.9. The van der Waals surface area contributed by atoms with Gasteiger partial charge in [-0.05, 0) is 24.8 Å². The number of halogens is 1. The van der Waals surface area contributed by atoms with E-state index in [4.69, 9.17) is 4.74 Å². The topological polar surface area (TPSA) is 21.3 Å². The van der Waals surface area contributed by atoms with E-state index in [9.17, 15) is 4.39 Å². The number of benzene rings is 1. The van der Waals surface area contributed by atoms with E-state index >= 15 is 0 Å². The first-order valence-electron chi connectivity index (χ1n) is 7.30. The van der Waals surface area contributed by atoms with Gasteiger partial charge in [-0.25, -0.2) is 4.39 Å². The summed E-state index contributed by atoms with van der Waals surface area (Å²) in [6.07, 6.45) is 6.37. The Bertz CT molecular complexity index is 408. The van der Waals surface area contributed by atoms with Crippen molar-refractivity contribution in [3.05, 3.63) is 29.6 Å². The van der Waals surface area contributed by atoms with Crippen LogP contribution in [0.5, 0.6) is 5.75 Å². The van der Waals surface area contributed by atoms with Crippen molar-refractivity contribution < 1.29 is 9.13 Å². The van der Waals surface area contributed by atoms with E-state index in [2.05, 4.69) is 12.2 Å². The minimum atomic E-state index is -0.185. The van der Waals surface area contributed by atoms with Crippen LogP contribution < -0.4 is 10.1 Å². The molecule has 0 radical (unpaired) electrons. The first-order chi connectivity index (χ1) is 9.24. The zero-order chi connectivity index (χ0) is 13.7. The molecule has 0 bridgehead atoms.